The van der Waals surface area contributed by atoms with Crippen LogP contribution in [0.4, 0.5) is 4.79 Å². The molecule has 1 aromatic heterocycles. The molecule has 0 aliphatic heterocycles. The molecule has 1 aliphatic rings. The predicted octanol–water partition coefficient (Wildman–Crippen LogP) is 4.45. The van der Waals surface area contributed by atoms with Gasteiger partial charge in [0.1, 0.15) is 11.6 Å². The van der Waals surface area contributed by atoms with E-state index < -0.39 is 6.09 Å². The molecule has 0 saturated heterocycles. The molecule has 1 heterocycles. The Hall–Kier alpha value is -3.15. The molecule has 0 spiro atoms. The zero-order valence-electron chi connectivity index (χ0n) is 14.9. The van der Waals surface area contributed by atoms with E-state index in [-0.39, 0.29) is 11.7 Å². The maximum absolute atomic E-state index is 12.6. The quantitative estimate of drug-likeness (QED) is 0.669. The van der Waals surface area contributed by atoms with Crippen LogP contribution in [-0.2, 0) is 0 Å². The molecule has 0 atom stereocenters. The van der Waals surface area contributed by atoms with Gasteiger partial charge in [-0.2, -0.15) is 0 Å². The molecule has 1 aliphatic carbocycles. The molecule has 0 bridgehead atoms. The molecule has 6 nitrogen and oxygen atoms in total. The Labute approximate surface area is 156 Å². The number of H-pyrrole nitrogens is 1. The third kappa shape index (κ3) is 3.69. The topological polar surface area (TPSA) is 98.1 Å². The van der Waals surface area contributed by atoms with Crippen LogP contribution in [0.3, 0.4) is 0 Å². The predicted molar refractivity (Wildman–Crippen MR) is 103 cm³/mol. The number of ketones is 1. The molecule has 0 unspecified atom stereocenters. The Morgan fingerprint density at radius 1 is 1.04 bits per heavy atom. The number of carbonyl (C=O) groups is 2. The number of hydrogen-bond donors (Lipinski definition) is 2. The highest BCUT2D eigenvalue weighted by Gasteiger charge is 2.22. The van der Waals surface area contributed by atoms with Gasteiger partial charge >= 0.3 is 6.09 Å². The summed E-state index contributed by atoms with van der Waals surface area (Å²) in [6.07, 6.45) is 4.67. The monoisotopic (exact) mass is 363 g/mol. The number of aromatic amines is 1. The average molecular weight is 363 g/mol. The van der Waals surface area contributed by atoms with Crippen molar-refractivity contribution in [1.82, 2.24) is 9.97 Å². The minimum absolute atomic E-state index is 0.166. The molecule has 1 saturated carbocycles. The van der Waals surface area contributed by atoms with Gasteiger partial charge in [-0.3, -0.25) is 4.79 Å². The zero-order valence-corrected chi connectivity index (χ0v) is 14.9. The van der Waals surface area contributed by atoms with Gasteiger partial charge in [0.15, 0.2) is 5.78 Å². The number of Topliss-reactive ketones (excluding diaryl/α,β-unsaturated/α-hetero) is 1. The maximum atomic E-state index is 12.6. The van der Waals surface area contributed by atoms with Crippen LogP contribution in [-0.4, -0.2) is 21.8 Å². The van der Waals surface area contributed by atoms with Crippen molar-refractivity contribution in [3.05, 3.63) is 48.0 Å². The van der Waals surface area contributed by atoms with Crippen molar-refractivity contribution in [3.63, 3.8) is 0 Å². The number of aromatic nitrogens is 2. The number of ether oxygens (including phenoxy) is 1. The van der Waals surface area contributed by atoms with Gasteiger partial charge < -0.3 is 15.5 Å². The van der Waals surface area contributed by atoms with Crippen LogP contribution in [0.5, 0.6) is 5.75 Å². The summed E-state index contributed by atoms with van der Waals surface area (Å²) < 4.78 is 4.88. The molecular weight excluding hydrogens is 342 g/mol. The van der Waals surface area contributed by atoms with Crippen LogP contribution in [0.25, 0.3) is 22.4 Å². The van der Waals surface area contributed by atoms with Crippen LogP contribution < -0.4 is 10.5 Å². The first-order chi connectivity index (χ1) is 13.1. The van der Waals surface area contributed by atoms with Gasteiger partial charge in [0, 0.05) is 23.1 Å². The lowest BCUT2D eigenvalue weighted by Gasteiger charge is -2.20. The normalized spacial score (nSPS) is 15.0. The van der Waals surface area contributed by atoms with E-state index in [2.05, 4.69) is 9.97 Å². The fourth-order valence-electron chi connectivity index (χ4n) is 3.69. The lowest BCUT2D eigenvalue weighted by molar-refractivity contribution is 0.0889. The largest absolute Gasteiger partial charge is 0.410 e. The van der Waals surface area contributed by atoms with Gasteiger partial charge in [-0.05, 0) is 25.0 Å². The number of rotatable bonds is 4. The van der Waals surface area contributed by atoms with Crippen molar-refractivity contribution in [2.24, 2.45) is 11.7 Å². The van der Waals surface area contributed by atoms with Crippen molar-refractivity contribution in [2.45, 2.75) is 32.1 Å². The molecule has 4 rings (SSSR count). The molecule has 138 valence electrons. The first-order valence-corrected chi connectivity index (χ1v) is 9.22. The second-order valence-electron chi connectivity index (χ2n) is 6.96. The Bertz CT molecular complexity index is 986. The molecule has 27 heavy (non-hydrogen) atoms. The number of nitrogens with one attached hydrogen (secondary N) is 1. The second-order valence-corrected chi connectivity index (χ2v) is 6.96. The number of hydrogen-bond acceptors (Lipinski definition) is 4. The lowest BCUT2D eigenvalue weighted by Crippen LogP contribution is -2.17. The van der Waals surface area contributed by atoms with Gasteiger partial charge in [-0.1, -0.05) is 43.5 Å². The first-order valence-electron chi connectivity index (χ1n) is 9.22. The Kier molecular flexibility index (Phi) is 4.62. The fraction of sp³-hybridized carbons (Fsp3) is 0.286. The minimum Gasteiger partial charge on any atom is -0.410 e. The van der Waals surface area contributed by atoms with Gasteiger partial charge in [0.2, 0.25) is 0 Å². The zero-order chi connectivity index (χ0) is 18.8. The fourth-order valence-corrected chi connectivity index (χ4v) is 3.69. The Morgan fingerprint density at radius 3 is 2.48 bits per heavy atom. The Balaban J connectivity index is 1.56. The summed E-state index contributed by atoms with van der Waals surface area (Å²) in [5.74, 6) is 1.46. The standard InChI is InChI=1S/C21H21N3O3/c22-21(26)27-16-10-11-17-18(12-16)24-20(23-17)15-8-6-14(7-9-15)19(25)13-4-2-1-3-5-13/h6-13H,1-5H2,(H2,22,26)(H,23,24). The summed E-state index contributed by atoms with van der Waals surface area (Å²) in [6.45, 7) is 0. The van der Waals surface area contributed by atoms with Gasteiger partial charge in [-0.15, -0.1) is 0 Å². The van der Waals surface area contributed by atoms with E-state index in [1.165, 1.54) is 6.42 Å². The molecule has 0 radical (unpaired) electrons. The summed E-state index contributed by atoms with van der Waals surface area (Å²) in [5, 5.41) is 0. The van der Waals surface area contributed by atoms with Crippen LogP contribution in [0.15, 0.2) is 42.5 Å². The van der Waals surface area contributed by atoms with E-state index in [0.717, 1.165) is 42.3 Å². The second kappa shape index (κ2) is 7.23. The number of nitrogens with zero attached hydrogens (tertiary/aromatic N) is 1. The van der Waals surface area contributed by atoms with Crippen molar-refractivity contribution in [1.29, 1.82) is 0 Å². The van der Waals surface area contributed by atoms with E-state index in [0.29, 0.717) is 17.1 Å². The highest BCUT2D eigenvalue weighted by atomic mass is 16.5. The van der Waals surface area contributed by atoms with Crippen molar-refractivity contribution >= 4 is 22.9 Å². The number of nitrogens with two attached hydrogens (primary N) is 1. The molecular formula is C21H21N3O3. The summed E-state index contributed by atoms with van der Waals surface area (Å²) in [7, 11) is 0. The minimum atomic E-state index is -0.858. The molecule has 1 amide bonds. The number of primary amides is 1. The van der Waals surface area contributed by atoms with Crippen LogP contribution in [0, 0.1) is 5.92 Å². The van der Waals surface area contributed by atoms with Gasteiger partial charge in [-0.25, -0.2) is 9.78 Å². The Morgan fingerprint density at radius 2 is 1.78 bits per heavy atom. The van der Waals surface area contributed by atoms with Crippen molar-refractivity contribution < 1.29 is 14.3 Å². The summed E-state index contributed by atoms with van der Waals surface area (Å²) in [6, 6.07) is 12.7. The van der Waals surface area contributed by atoms with E-state index in [1.54, 1.807) is 18.2 Å². The summed E-state index contributed by atoms with van der Waals surface area (Å²) in [5.41, 5.74) is 8.19. The molecule has 3 N–H and O–H groups in total. The van der Waals surface area contributed by atoms with Gasteiger partial charge in [0.25, 0.3) is 0 Å². The molecule has 2 aromatic carbocycles. The maximum Gasteiger partial charge on any atom is 0.409 e. The van der Waals surface area contributed by atoms with E-state index >= 15 is 0 Å². The third-order valence-corrected chi connectivity index (χ3v) is 5.09. The SMILES string of the molecule is NC(=O)Oc1ccc2[nH]c(-c3ccc(C(=O)C4CCCCC4)cc3)nc2c1. The van der Waals surface area contributed by atoms with E-state index in [4.69, 9.17) is 10.5 Å². The summed E-state index contributed by atoms with van der Waals surface area (Å²) >= 11 is 0. The van der Waals surface area contributed by atoms with Crippen molar-refractivity contribution in [2.75, 3.05) is 0 Å². The number of benzene rings is 2. The summed E-state index contributed by atoms with van der Waals surface area (Å²) in [4.78, 5) is 31.3. The molecule has 6 heteroatoms. The number of fused-ring (bicyclic) bond motifs is 1. The van der Waals surface area contributed by atoms with Crippen LogP contribution >= 0.6 is 0 Å². The number of amides is 1. The van der Waals surface area contributed by atoms with E-state index in [9.17, 15) is 9.59 Å². The van der Waals surface area contributed by atoms with E-state index in [1.807, 2.05) is 24.3 Å². The lowest BCUT2D eigenvalue weighted by atomic mass is 9.84. The van der Waals surface area contributed by atoms with Crippen LogP contribution in [0.2, 0.25) is 0 Å². The van der Waals surface area contributed by atoms with Crippen molar-refractivity contribution in [3.8, 4) is 17.1 Å². The highest BCUT2D eigenvalue weighted by Crippen LogP contribution is 2.28. The highest BCUT2D eigenvalue weighted by molar-refractivity contribution is 5.98. The smallest absolute Gasteiger partial charge is 0.409 e. The van der Waals surface area contributed by atoms with Gasteiger partial charge in [0.05, 0.1) is 11.0 Å². The van der Waals surface area contributed by atoms with Crippen LogP contribution in [0.1, 0.15) is 42.5 Å². The average Bonchev–Trinajstić information content (AvgIpc) is 3.11. The molecule has 3 aromatic rings. The number of carbonyl (C=O) groups excluding carboxylic acids is 2. The number of imidazole rings is 1. The first kappa shape index (κ1) is 17.3. The third-order valence-electron chi connectivity index (χ3n) is 5.09. The molecule has 1 fully saturated rings.